The van der Waals surface area contributed by atoms with E-state index in [4.69, 9.17) is 0 Å². The Labute approximate surface area is 108 Å². The minimum absolute atomic E-state index is 0.361. The second kappa shape index (κ2) is 5.53. The lowest BCUT2D eigenvalue weighted by Gasteiger charge is -2.39. The third-order valence-electron chi connectivity index (χ3n) is 3.98. The fourth-order valence-electron chi connectivity index (χ4n) is 2.91. The van der Waals surface area contributed by atoms with E-state index < -0.39 is 5.97 Å². The number of carboxylic acid groups (broad SMARTS) is 1. The van der Waals surface area contributed by atoms with Crippen LogP contribution >= 0.6 is 0 Å². The summed E-state index contributed by atoms with van der Waals surface area (Å²) in [7, 11) is 0. The van der Waals surface area contributed by atoms with Gasteiger partial charge in [-0.05, 0) is 30.4 Å². The molecular weight excluding hydrogens is 226 g/mol. The van der Waals surface area contributed by atoms with E-state index in [2.05, 4.69) is 30.9 Å². The standard InChI is InChI=1S/C15H21NO2/c1-3-13(4-2)16-10-12-8-6-5-7-11(12)9-14(16)15(17)18/h5-8,13-14H,3-4,9-10H2,1-2H3,(H,17,18). The predicted octanol–water partition coefficient (Wildman–Crippen LogP) is 2.69. The summed E-state index contributed by atoms with van der Waals surface area (Å²) >= 11 is 0. The Hall–Kier alpha value is -1.35. The molecule has 0 fully saturated rings. The molecule has 18 heavy (non-hydrogen) atoms. The number of carboxylic acids is 1. The van der Waals surface area contributed by atoms with Crippen LogP contribution in [0.5, 0.6) is 0 Å². The molecule has 0 radical (unpaired) electrons. The summed E-state index contributed by atoms with van der Waals surface area (Å²) in [5, 5.41) is 9.43. The minimum Gasteiger partial charge on any atom is -0.480 e. The number of benzene rings is 1. The molecule has 0 aromatic heterocycles. The molecule has 1 atom stereocenters. The van der Waals surface area contributed by atoms with Crippen molar-refractivity contribution in [1.82, 2.24) is 4.90 Å². The van der Waals surface area contributed by atoms with Gasteiger partial charge in [0.05, 0.1) is 0 Å². The summed E-state index contributed by atoms with van der Waals surface area (Å²) in [6.45, 7) is 5.03. The minimum atomic E-state index is -0.698. The number of carbonyl (C=O) groups is 1. The molecule has 0 saturated carbocycles. The number of rotatable bonds is 4. The highest BCUT2D eigenvalue weighted by molar-refractivity contribution is 5.74. The Balaban J connectivity index is 2.31. The average Bonchev–Trinajstić information content (AvgIpc) is 2.39. The van der Waals surface area contributed by atoms with Gasteiger partial charge >= 0.3 is 5.97 Å². The first-order valence-electron chi connectivity index (χ1n) is 6.72. The summed E-state index contributed by atoms with van der Waals surface area (Å²) in [5.41, 5.74) is 2.47. The van der Waals surface area contributed by atoms with Gasteiger partial charge in [-0.25, -0.2) is 0 Å². The molecule has 0 saturated heterocycles. The molecule has 1 N–H and O–H groups in total. The molecule has 1 unspecified atom stereocenters. The third-order valence-corrected chi connectivity index (χ3v) is 3.98. The average molecular weight is 247 g/mol. The molecule has 1 aromatic rings. The summed E-state index contributed by atoms with van der Waals surface area (Å²) in [6, 6.07) is 8.18. The molecule has 1 heterocycles. The molecule has 0 spiro atoms. The summed E-state index contributed by atoms with van der Waals surface area (Å²) in [5.74, 6) is -0.698. The van der Waals surface area contributed by atoms with Crippen LogP contribution in [0.1, 0.15) is 37.8 Å². The lowest BCUT2D eigenvalue weighted by Crippen LogP contribution is -2.50. The van der Waals surface area contributed by atoms with E-state index in [0.29, 0.717) is 12.5 Å². The third kappa shape index (κ3) is 2.41. The number of hydrogen-bond acceptors (Lipinski definition) is 2. The molecule has 0 bridgehead atoms. The Morgan fingerprint density at radius 3 is 2.50 bits per heavy atom. The fourth-order valence-corrected chi connectivity index (χ4v) is 2.91. The zero-order valence-electron chi connectivity index (χ0n) is 11.1. The molecule has 1 aliphatic heterocycles. The molecule has 0 amide bonds. The van der Waals surface area contributed by atoms with Crippen molar-refractivity contribution in [2.24, 2.45) is 0 Å². The van der Waals surface area contributed by atoms with E-state index >= 15 is 0 Å². The van der Waals surface area contributed by atoms with Gasteiger partial charge in [-0.1, -0.05) is 38.1 Å². The van der Waals surface area contributed by atoms with Crippen LogP contribution in [0.3, 0.4) is 0 Å². The SMILES string of the molecule is CCC(CC)N1Cc2ccccc2CC1C(=O)O. The second-order valence-electron chi connectivity index (χ2n) is 4.97. The first-order chi connectivity index (χ1) is 8.67. The van der Waals surface area contributed by atoms with Crippen molar-refractivity contribution in [2.75, 3.05) is 0 Å². The van der Waals surface area contributed by atoms with E-state index in [1.54, 1.807) is 0 Å². The van der Waals surface area contributed by atoms with E-state index in [1.807, 2.05) is 12.1 Å². The van der Waals surface area contributed by atoms with Crippen LogP contribution in [0.2, 0.25) is 0 Å². The maximum atomic E-state index is 11.5. The van der Waals surface area contributed by atoms with Gasteiger partial charge in [-0.2, -0.15) is 0 Å². The van der Waals surface area contributed by atoms with Crippen molar-refractivity contribution in [2.45, 2.75) is 51.7 Å². The van der Waals surface area contributed by atoms with E-state index in [-0.39, 0.29) is 6.04 Å². The van der Waals surface area contributed by atoms with Crippen molar-refractivity contribution in [3.8, 4) is 0 Å². The first-order valence-corrected chi connectivity index (χ1v) is 6.72. The van der Waals surface area contributed by atoms with Gasteiger partial charge in [-0.3, -0.25) is 9.69 Å². The Kier molecular flexibility index (Phi) is 4.02. The molecule has 98 valence electrons. The van der Waals surface area contributed by atoms with Gasteiger partial charge in [0.1, 0.15) is 6.04 Å². The zero-order chi connectivity index (χ0) is 13.1. The van der Waals surface area contributed by atoms with E-state index in [0.717, 1.165) is 19.4 Å². The van der Waals surface area contributed by atoms with Gasteiger partial charge < -0.3 is 5.11 Å². The fraction of sp³-hybridized carbons (Fsp3) is 0.533. The summed E-state index contributed by atoms with van der Waals surface area (Å²) in [6.07, 6.45) is 2.63. The Bertz CT molecular complexity index is 426. The van der Waals surface area contributed by atoms with Crippen LogP contribution in [0.4, 0.5) is 0 Å². The molecule has 1 aliphatic rings. The molecule has 3 nitrogen and oxygen atoms in total. The maximum absolute atomic E-state index is 11.5. The van der Waals surface area contributed by atoms with Crippen LogP contribution in [0, 0.1) is 0 Å². The molecule has 2 rings (SSSR count). The molecule has 1 aromatic carbocycles. The topological polar surface area (TPSA) is 40.5 Å². The quantitative estimate of drug-likeness (QED) is 0.889. The van der Waals surface area contributed by atoms with Gasteiger partial charge in [-0.15, -0.1) is 0 Å². The summed E-state index contributed by atoms with van der Waals surface area (Å²) in [4.78, 5) is 13.6. The predicted molar refractivity (Wildman–Crippen MR) is 71.5 cm³/mol. The van der Waals surface area contributed by atoms with Crippen molar-refractivity contribution in [3.05, 3.63) is 35.4 Å². The number of aliphatic carboxylic acids is 1. The summed E-state index contributed by atoms with van der Waals surface area (Å²) < 4.78 is 0. The highest BCUT2D eigenvalue weighted by atomic mass is 16.4. The van der Waals surface area contributed by atoms with Crippen molar-refractivity contribution < 1.29 is 9.90 Å². The van der Waals surface area contributed by atoms with Crippen molar-refractivity contribution in [3.63, 3.8) is 0 Å². The normalized spacial score (nSPS) is 19.8. The Morgan fingerprint density at radius 1 is 1.33 bits per heavy atom. The second-order valence-corrected chi connectivity index (χ2v) is 4.97. The lowest BCUT2D eigenvalue weighted by atomic mass is 9.91. The van der Waals surface area contributed by atoms with Crippen LogP contribution in [0.15, 0.2) is 24.3 Å². The highest BCUT2D eigenvalue weighted by Crippen LogP contribution is 2.27. The van der Waals surface area contributed by atoms with Crippen molar-refractivity contribution in [1.29, 1.82) is 0 Å². The highest BCUT2D eigenvalue weighted by Gasteiger charge is 2.34. The smallest absolute Gasteiger partial charge is 0.321 e. The van der Waals surface area contributed by atoms with Crippen LogP contribution < -0.4 is 0 Å². The Morgan fingerprint density at radius 2 is 1.94 bits per heavy atom. The largest absolute Gasteiger partial charge is 0.480 e. The lowest BCUT2D eigenvalue weighted by molar-refractivity contribution is -0.145. The number of nitrogens with zero attached hydrogens (tertiary/aromatic N) is 1. The van der Waals surface area contributed by atoms with Crippen LogP contribution in [0.25, 0.3) is 0 Å². The van der Waals surface area contributed by atoms with Gasteiger partial charge in [0, 0.05) is 12.6 Å². The van der Waals surface area contributed by atoms with Crippen LogP contribution in [-0.4, -0.2) is 28.1 Å². The monoisotopic (exact) mass is 247 g/mol. The molecule has 0 aliphatic carbocycles. The van der Waals surface area contributed by atoms with Crippen molar-refractivity contribution >= 4 is 5.97 Å². The van der Waals surface area contributed by atoms with Gasteiger partial charge in [0.25, 0.3) is 0 Å². The van der Waals surface area contributed by atoms with Gasteiger partial charge in [0.15, 0.2) is 0 Å². The van der Waals surface area contributed by atoms with E-state index in [9.17, 15) is 9.90 Å². The number of hydrogen-bond donors (Lipinski definition) is 1. The molecule has 3 heteroatoms. The van der Waals surface area contributed by atoms with Crippen LogP contribution in [-0.2, 0) is 17.8 Å². The molecular formula is C15H21NO2. The zero-order valence-corrected chi connectivity index (χ0v) is 11.1. The van der Waals surface area contributed by atoms with E-state index in [1.165, 1.54) is 11.1 Å². The van der Waals surface area contributed by atoms with Gasteiger partial charge in [0.2, 0.25) is 0 Å². The number of fused-ring (bicyclic) bond motifs is 1. The first kappa shape index (κ1) is 13.1. The maximum Gasteiger partial charge on any atom is 0.321 e.